The molecule has 0 heterocycles. The molecule has 5 nitrogen and oxygen atoms in total. The second kappa shape index (κ2) is 11.9. The van der Waals surface area contributed by atoms with Gasteiger partial charge in [0.2, 0.25) is 5.91 Å². The van der Waals surface area contributed by atoms with Crippen molar-refractivity contribution in [1.82, 2.24) is 10.2 Å². The average Bonchev–Trinajstić information content (AvgIpc) is 2.76. The fraction of sp³-hybridized carbons (Fsp3) is 0.462. The highest BCUT2D eigenvalue weighted by molar-refractivity contribution is 6.30. The third kappa shape index (κ3) is 7.86. The van der Waals surface area contributed by atoms with Gasteiger partial charge in [0.15, 0.2) is 6.61 Å². The van der Waals surface area contributed by atoms with Crippen LogP contribution in [0.1, 0.15) is 58.6 Å². The molecule has 0 aliphatic carbocycles. The third-order valence-corrected chi connectivity index (χ3v) is 5.60. The van der Waals surface area contributed by atoms with E-state index in [9.17, 15) is 9.59 Å². The fourth-order valence-electron chi connectivity index (χ4n) is 3.18. The first-order valence-corrected chi connectivity index (χ1v) is 11.5. The largest absolute Gasteiger partial charge is 0.484 e. The molecule has 0 aliphatic rings. The van der Waals surface area contributed by atoms with Gasteiger partial charge in [-0.3, -0.25) is 9.59 Å². The van der Waals surface area contributed by atoms with Gasteiger partial charge in [-0.1, -0.05) is 70.0 Å². The Bertz CT molecular complexity index is 873. The highest BCUT2D eigenvalue weighted by Gasteiger charge is 2.26. The summed E-state index contributed by atoms with van der Waals surface area (Å²) in [6, 6.07) is 14.4. The van der Waals surface area contributed by atoms with E-state index in [1.807, 2.05) is 36.4 Å². The van der Waals surface area contributed by atoms with Gasteiger partial charge in [-0.15, -0.1) is 0 Å². The van der Waals surface area contributed by atoms with Crippen LogP contribution in [0.25, 0.3) is 0 Å². The van der Waals surface area contributed by atoms with Crippen LogP contribution in [-0.2, 0) is 21.5 Å². The number of halogens is 1. The van der Waals surface area contributed by atoms with Crippen molar-refractivity contribution >= 4 is 23.4 Å². The minimum atomic E-state index is -0.623. The van der Waals surface area contributed by atoms with Crippen molar-refractivity contribution in [2.45, 2.75) is 65.5 Å². The van der Waals surface area contributed by atoms with E-state index in [2.05, 4.69) is 33.0 Å². The van der Waals surface area contributed by atoms with E-state index in [0.29, 0.717) is 23.9 Å². The first-order valence-electron chi connectivity index (χ1n) is 11.2. The molecule has 0 aliphatic heterocycles. The fourth-order valence-corrected chi connectivity index (χ4v) is 3.31. The normalized spacial score (nSPS) is 12.2. The Morgan fingerprint density at radius 3 is 2.25 bits per heavy atom. The molecule has 0 spiro atoms. The maximum atomic E-state index is 13.1. The summed E-state index contributed by atoms with van der Waals surface area (Å²) in [6.07, 6.45) is 1.89. The molecule has 1 N–H and O–H groups in total. The zero-order valence-corrected chi connectivity index (χ0v) is 20.5. The number of unbranched alkanes of at least 4 members (excludes halogenated alkanes) is 1. The lowest BCUT2D eigenvalue weighted by Crippen LogP contribution is -2.49. The minimum Gasteiger partial charge on any atom is -0.484 e. The van der Waals surface area contributed by atoms with Crippen molar-refractivity contribution in [3.05, 3.63) is 64.7 Å². The van der Waals surface area contributed by atoms with Gasteiger partial charge in [0.25, 0.3) is 5.91 Å². The summed E-state index contributed by atoms with van der Waals surface area (Å²) in [5, 5.41) is 3.54. The Balaban J connectivity index is 2.09. The van der Waals surface area contributed by atoms with E-state index in [1.165, 1.54) is 5.56 Å². The van der Waals surface area contributed by atoms with Crippen molar-refractivity contribution in [2.75, 3.05) is 13.2 Å². The number of amides is 2. The van der Waals surface area contributed by atoms with E-state index in [0.717, 1.165) is 18.4 Å². The van der Waals surface area contributed by atoms with E-state index < -0.39 is 6.04 Å². The van der Waals surface area contributed by atoms with Gasteiger partial charge in [-0.2, -0.15) is 0 Å². The molecule has 0 fully saturated rings. The molecule has 0 aromatic heterocycles. The monoisotopic (exact) mass is 458 g/mol. The number of ether oxygens (including phenoxy) is 1. The molecular formula is C26H35ClN2O3. The lowest BCUT2D eigenvalue weighted by Gasteiger charge is -2.29. The van der Waals surface area contributed by atoms with E-state index in [-0.39, 0.29) is 23.8 Å². The van der Waals surface area contributed by atoms with Crippen LogP contribution in [-0.4, -0.2) is 35.9 Å². The zero-order valence-electron chi connectivity index (χ0n) is 19.8. The van der Waals surface area contributed by atoms with Crippen LogP contribution < -0.4 is 10.1 Å². The molecule has 0 saturated heterocycles. The van der Waals surface area contributed by atoms with Gasteiger partial charge in [0, 0.05) is 18.1 Å². The maximum Gasteiger partial charge on any atom is 0.261 e. The number of rotatable bonds is 10. The lowest BCUT2D eigenvalue weighted by molar-refractivity contribution is -0.142. The molecule has 2 aromatic rings. The first kappa shape index (κ1) is 25.7. The van der Waals surface area contributed by atoms with Crippen LogP contribution in [0.2, 0.25) is 5.02 Å². The number of nitrogens with zero attached hydrogens (tertiary/aromatic N) is 1. The van der Waals surface area contributed by atoms with Crippen LogP contribution in [0.3, 0.4) is 0 Å². The van der Waals surface area contributed by atoms with Crippen molar-refractivity contribution in [2.24, 2.45) is 0 Å². The van der Waals surface area contributed by atoms with Gasteiger partial charge >= 0.3 is 0 Å². The third-order valence-electron chi connectivity index (χ3n) is 5.35. The van der Waals surface area contributed by atoms with E-state index in [4.69, 9.17) is 16.3 Å². The predicted molar refractivity (Wildman–Crippen MR) is 130 cm³/mol. The molecule has 32 heavy (non-hydrogen) atoms. The minimum absolute atomic E-state index is 0.0459. The smallest absolute Gasteiger partial charge is 0.261 e. The van der Waals surface area contributed by atoms with Crippen molar-refractivity contribution < 1.29 is 14.3 Å². The van der Waals surface area contributed by atoms with E-state index >= 15 is 0 Å². The first-order chi connectivity index (χ1) is 15.1. The molecule has 2 amide bonds. The highest BCUT2D eigenvalue weighted by atomic mass is 35.5. The Kier molecular flexibility index (Phi) is 9.58. The van der Waals surface area contributed by atoms with Crippen molar-refractivity contribution in [3.8, 4) is 5.75 Å². The van der Waals surface area contributed by atoms with E-state index in [1.54, 1.807) is 24.0 Å². The Hall–Kier alpha value is -2.53. The second-order valence-corrected chi connectivity index (χ2v) is 9.47. The summed E-state index contributed by atoms with van der Waals surface area (Å²) in [7, 11) is 0. The lowest BCUT2D eigenvalue weighted by atomic mass is 9.87. The second-order valence-electron chi connectivity index (χ2n) is 9.03. The topological polar surface area (TPSA) is 58.6 Å². The van der Waals surface area contributed by atoms with Crippen LogP contribution in [0.4, 0.5) is 0 Å². The highest BCUT2D eigenvalue weighted by Crippen LogP contribution is 2.24. The summed E-state index contributed by atoms with van der Waals surface area (Å²) < 4.78 is 5.76. The van der Waals surface area contributed by atoms with Gasteiger partial charge < -0.3 is 15.0 Å². The number of nitrogens with one attached hydrogen (secondary N) is 1. The molecule has 0 unspecified atom stereocenters. The van der Waals surface area contributed by atoms with Gasteiger partial charge in [-0.25, -0.2) is 0 Å². The number of benzene rings is 2. The average molecular weight is 459 g/mol. The number of carbonyl (C=O) groups is 2. The molecule has 174 valence electrons. The summed E-state index contributed by atoms with van der Waals surface area (Å²) in [6.45, 7) is 11.0. The molecular weight excluding hydrogens is 424 g/mol. The van der Waals surface area contributed by atoms with Crippen LogP contribution in [0.5, 0.6) is 5.75 Å². The Morgan fingerprint density at radius 1 is 1.06 bits per heavy atom. The summed E-state index contributed by atoms with van der Waals surface area (Å²) in [5.41, 5.74) is 2.13. The van der Waals surface area contributed by atoms with Gasteiger partial charge in [0.1, 0.15) is 11.8 Å². The molecule has 2 aromatic carbocycles. The van der Waals surface area contributed by atoms with Crippen molar-refractivity contribution in [3.63, 3.8) is 0 Å². The molecule has 0 saturated carbocycles. The Morgan fingerprint density at radius 2 is 1.69 bits per heavy atom. The predicted octanol–water partition coefficient (Wildman–Crippen LogP) is 5.35. The molecule has 0 bridgehead atoms. The van der Waals surface area contributed by atoms with Gasteiger partial charge in [0.05, 0.1) is 0 Å². The SMILES string of the molecule is CCCCNC(=O)[C@H](C)N(Cc1ccc(Cl)cc1)C(=O)COc1ccc(C(C)(C)C)cc1. The number of carbonyl (C=O) groups excluding carboxylic acids is 2. The number of hydrogen-bond donors (Lipinski definition) is 1. The molecule has 2 rings (SSSR count). The van der Waals surface area contributed by atoms with Crippen LogP contribution >= 0.6 is 11.6 Å². The summed E-state index contributed by atoms with van der Waals surface area (Å²) in [5.74, 6) is 0.200. The van der Waals surface area contributed by atoms with Crippen molar-refractivity contribution in [1.29, 1.82) is 0 Å². The van der Waals surface area contributed by atoms with Crippen LogP contribution in [0.15, 0.2) is 48.5 Å². The standard InChI is InChI=1S/C26H35ClN2O3/c1-6-7-16-28-25(31)19(2)29(17-20-8-12-22(27)13-9-20)24(30)18-32-23-14-10-21(11-15-23)26(3,4)5/h8-15,19H,6-7,16-18H2,1-5H3,(H,28,31)/t19-/m0/s1. The van der Waals surface area contributed by atoms with Crippen LogP contribution in [0, 0.1) is 0 Å². The summed E-state index contributed by atoms with van der Waals surface area (Å²) in [4.78, 5) is 27.3. The molecule has 6 heteroatoms. The Labute approximate surface area is 197 Å². The van der Waals surface area contributed by atoms with Gasteiger partial charge in [-0.05, 0) is 54.2 Å². The summed E-state index contributed by atoms with van der Waals surface area (Å²) >= 11 is 5.99. The molecule has 1 atom stereocenters. The number of hydrogen-bond acceptors (Lipinski definition) is 3. The maximum absolute atomic E-state index is 13.1. The quantitative estimate of drug-likeness (QED) is 0.488. The molecule has 0 radical (unpaired) electrons. The zero-order chi connectivity index (χ0) is 23.7.